The van der Waals surface area contributed by atoms with Crippen molar-refractivity contribution in [1.82, 2.24) is 0 Å². The van der Waals surface area contributed by atoms with Gasteiger partial charge < -0.3 is 4.90 Å². The number of fused-ring (bicyclic) bond motifs is 1. The molecule has 2 fully saturated rings. The number of benzene rings is 2. The molecule has 27 heavy (non-hydrogen) atoms. The number of thioether (sulfide) groups is 1. The molecule has 0 unspecified atom stereocenters. The quantitative estimate of drug-likeness (QED) is 0.592. The molecule has 2 aliphatic heterocycles. The van der Waals surface area contributed by atoms with Crippen LogP contribution in [0, 0.1) is 3.57 Å². The number of hydrogen-bond acceptors (Lipinski definition) is 4. The number of hydrogen-bond donors (Lipinski definition) is 0. The summed E-state index contributed by atoms with van der Waals surface area (Å²) in [5, 5.41) is 0.513. The number of halogens is 1. The van der Waals surface area contributed by atoms with E-state index in [0.29, 0.717) is 5.17 Å². The average molecular weight is 512 g/mol. The van der Waals surface area contributed by atoms with Crippen LogP contribution in [0.3, 0.4) is 0 Å². The fourth-order valence-corrected chi connectivity index (χ4v) is 7.87. The lowest BCUT2D eigenvalue weighted by Crippen LogP contribution is -2.37. The van der Waals surface area contributed by atoms with Gasteiger partial charge in [-0.1, -0.05) is 48.2 Å². The van der Waals surface area contributed by atoms with Crippen molar-refractivity contribution in [3.8, 4) is 0 Å². The molecule has 2 aromatic rings. The highest BCUT2D eigenvalue weighted by atomic mass is 127. The summed E-state index contributed by atoms with van der Waals surface area (Å²) in [6, 6.07) is 17.2. The third kappa shape index (κ3) is 4.22. The summed E-state index contributed by atoms with van der Waals surface area (Å²) >= 11 is 3.63. The summed E-state index contributed by atoms with van der Waals surface area (Å²) in [4.78, 5) is 18.8. The van der Waals surface area contributed by atoms with Crippen molar-refractivity contribution in [2.75, 3.05) is 16.4 Å². The third-order valence-electron chi connectivity index (χ3n) is 4.57. The largest absolute Gasteiger partial charge is 0.316 e. The van der Waals surface area contributed by atoms with E-state index >= 15 is 0 Å². The molecule has 0 radical (unpaired) electrons. The van der Waals surface area contributed by atoms with E-state index < -0.39 is 9.84 Å². The molecule has 0 N–H and O–H groups in total. The third-order valence-corrected chi connectivity index (χ3v) is 8.45. The fourth-order valence-electron chi connectivity index (χ4n) is 3.41. The minimum Gasteiger partial charge on any atom is -0.316 e. The molecule has 0 aromatic heterocycles. The van der Waals surface area contributed by atoms with Crippen molar-refractivity contribution in [1.29, 1.82) is 0 Å². The van der Waals surface area contributed by atoms with Gasteiger partial charge in [0, 0.05) is 14.5 Å². The fraction of sp³-hybridized carbons (Fsp3) is 0.263. The number of carbonyl (C=O) groups is 1. The molecule has 2 aromatic carbocycles. The number of carbonyl (C=O) groups excluding carboxylic acids is 1. The van der Waals surface area contributed by atoms with Crippen LogP contribution in [0.25, 0.3) is 0 Å². The molecular weight excluding hydrogens is 495 g/mol. The number of anilines is 1. The normalized spacial score (nSPS) is 24.9. The van der Waals surface area contributed by atoms with E-state index in [0.717, 1.165) is 14.8 Å². The van der Waals surface area contributed by atoms with Crippen molar-refractivity contribution in [3.63, 3.8) is 0 Å². The second-order valence-corrected chi connectivity index (χ2v) is 11.2. The molecule has 140 valence electrons. The number of rotatable bonds is 3. The number of amides is 1. The molecule has 0 aliphatic carbocycles. The van der Waals surface area contributed by atoms with Crippen molar-refractivity contribution in [2.45, 2.75) is 17.7 Å². The maximum Gasteiger partial charge on any atom is 0.252 e. The molecule has 4 rings (SSSR count). The molecule has 0 saturated carbocycles. The van der Waals surface area contributed by atoms with E-state index in [1.165, 1.54) is 11.8 Å². The Hall–Kier alpha value is -1.39. The zero-order chi connectivity index (χ0) is 19.0. The first kappa shape index (κ1) is 18.9. The summed E-state index contributed by atoms with van der Waals surface area (Å²) in [6.45, 7) is 0. The zero-order valence-corrected chi connectivity index (χ0v) is 18.1. The molecule has 0 spiro atoms. The maximum absolute atomic E-state index is 12.5. The Morgan fingerprint density at radius 1 is 1.15 bits per heavy atom. The van der Waals surface area contributed by atoms with E-state index in [9.17, 15) is 13.2 Å². The average Bonchev–Trinajstić information content (AvgIpc) is 3.06. The summed E-state index contributed by atoms with van der Waals surface area (Å²) in [6.07, 6.45) is 0.235. The Balaban J connectivity index is 1.65. The highest BCUT2D eigenvalue weighted by Gasteiger charge is 2.49. The van der Waals surface area contributed by atoms with Crippen molar-refractivity contribution in [2.24, 2.45) is 4.99 Å². The molecule has 5 nitrogen and oxygen atoms in total. The lowest BCUT2D eigenvalue weighted by Gasteiger charge is -2.24. The molecule has 8 heteroatoms. The molecule has 2 aliphatic rings. The Bertz CT molecular complexity index is 1010. The van der Waals surface area contributed by atoms with Crippen molar-refractivity contribution < 1.29 is 13.2 Å². The van der Waals surface area contributed by atoms with Crippen LogP contribution in [-0.4, -0.2) is 42.3 Å². The van der Waals surface area contributed by atoms with Crippen LogP contribution in [0.4, 0.5) is 5.69 Å². The van der Waals surface area contributed by atoms with Crippen LogP contribution in [0.2, 0.25) is 0 Å². The van der Waals surface area contributed by atoms with Gasteiger partial charge in [0.05, 0.1) is 24.0 Å². The Kier molecular flexibility index (Phi) is 5.30. The lowest BCUT2D eigenvalue weighted by atomic mass is 10.1. The van der Waals surface area contributed by atoms with E-state index in [1.807, 2.05) is 59.5 Å². The van der Waals surface area contributed by atoms with Gasteiger partial charge in [0.15, 0.2) is 15.0 Å². The van der Waals surface area contributed by atoms with Crippen LogP contribution in [0.15, 0.2) is 59.6 Å². The van der Waals surface area contributed by atoms with Crippen LogP contribution in [0.5, 0.6) is 0 Å². The molecule has 1 amide bonds. The van der Waals surface area contributed by atoms with Gasteiger partial charge in [-0.25, -0.2) is 8.42 Å². The topological polar surface area (TPSA) is 66.8 Å². The van der Waals surface area contributed by atoms with Crippen LogP contribution in [-0.2, 0) is 21.1 Å². The number of sulfone groups is 1. The van der Waals surface area contributed by atoms with Gasteiger partial charge >= 0.3 is 0 Å². The number of amidine groups is 1. The Morgan fingerprint density at radius 2 is 1.93 bits per heavy atom. The van der Waals surface area contributed by atoms with Gasteiger partial charge in [-0.05, 0) is 46.4 Å². The van der Waals surface area contributed by atoms with Crippen LogP contribution < -0.4 is 4.90 Å². The van der Waals surface area contributed by atoms with Gasteiger partial charge in [0.1, 0.15) is 0 Å². The maximum atomic E-state index is 12.5. The number of nitrogens with zero attached hydrogens (tertiary/aromatic N) is 2. The second kappa shape index (κ2) is 7.56. The smallest absolute Gasteiger partial charge is 0.252 e. The van der Waals surface area contributed by atoms with Crippen molar-refractivity contribution >= 4 is 61.0 Å². The second-order valence-electron chi connectivity index (χ2n) is 6.60. The number of aliphatic imine (C=N–C) groups is 1. The van der Waals surface area contributed by atoms with E-state index in [2.05, 4.69) is 27.6 Å². The minimum atomic E-state index is -3.06. The molecule has 2 heterocycles. The van der Waals surface area contributed by atoms with Gasteiger partial charge in [-0.15, -0.1) is 0 Å². The summed E-state index contributed by atoms with van der Waals surface area (Å²) in [7, 11) is -3.06. The predicted octanol–water partition coefficient (Wildman–Crippen LogP) is 3.14. The monoisotopic (exact) mass is 512 g/mol. The van der Waals surface area contributed by atoms with Crippen LogP contribution in [0.1, 0.15) is 5.56 Å². The Morgan fingerprint density at radius 3 is 2.67 bits per heavy atom. The summed E-state index contributed by atoms with van der Waals surface area (Å²) in [5.41, 5.74) is 1.80. The van der Waals surface area contributed by atoms with E-state index in [1.54, 1.807) is 0 Å². The highest BCUT2D eigenvalue weighted by Crippen LogP contribution is 2.41. The summed E-state index contributed by atoms with van der Waals surface area (Å²) < 4.78 is 25.3. The molecular formula is C19H17IN2O3S2. The molecule has 0 bridgehead atoms. The van der Waals surface area contributed by atoms with Crippen LogP contribution >= 0.6 is 34.4 Å². The van der Waals surface area contributed by atoms with Gasteiger partial charge in [-0.2, -0.15) is 4.99 Å². The first-order chi connectivity index (χ1) is 12.9. The van der Waals surface area contributed by atoms with Crippen molar-refractivity contribution in [3.05, 3.63) is 63.7 Å². The van der Waals surface area contributed by atoms with E-state index in [-0.39, 0.29) is 35.1 Å². The minimum absolute atomic E-state index is 0.0869. The Labute approximate surface area is 176 Å². The first-order valence-corrected chi connectivity index (χ1v) is 12.3. The zero-order valence-electron chi connectivity index (χ0n) is 14.3. The molecule has 2 atom stereocenters. The standard InChI is InChI=1S/C19H17IN2O3S2/c20-14-7-4-8-15(10-14)22-16-11-27(24,25)12-17(16)26-19(22)21-18(23)9-13-5-2-1-3-6-13/h1-8,10,16-17H,9,11-12H2/t16-,17+/m1/s1. The van der Waals surface area contributed by atoms with E-state index in [4.69, 9.17) is 0 Å². The summed E-state index contributed by atoms with van der Waals surface area (Å²) in [5.74, 6) is 0.0126. The van der Waals surface area contributed by atoms with Gasteiger partial charge in [0.2, 0.25) is 0 Å². The SMILES string of the molecule is O=C(Cc1ccccc1)N=C1S[C@H]2CS(=O)(=O)C[C@H]2N1c1cccc(I)c1. The first-order valence-electron chi connectivity index (χ1n) is 8.49. The predicted molar refractivity (Wildman–Crippen MR) is 118 cm³/mol. The highest BCUT2D eigenvalue weighted by molar-refractivity contribution is 14.1. The molecule has 2 saturated heterocycles. The lowest BCUT2D eigenvalue weighted by molar-refractivity contribution is -0.117. The van der Waals surface area contributed by atoms with Gasteiger partial charge in [0.25, 0.3) is 5.91 Å². The van der Waals surface area contributed by atoms with Gasteiger partial charge in [-0.3, -0.25) is 4.79 Å².